The molecule has 1 aromatic rings. The van der Waals surface area contributed by atoms with Crippen molar-refractivity contribution in [2.24, 2.45) is 0 Å². The third-order valence-corrected chi connectivity index (χ3v) is 5.66. The van der Waals surface area contributed by atoms with Crippen molar-refractivity contribution in [2.45, 2.75) is 18.9 Å². The lowest BCUT2D eigenvalue weighted by atomic mass is 10.1. The number of carbonyl (C=O) groups excluding carboxylic acids is 4. The maximum Gasteiger partial charge on any atom is 0.329 e. The predicted molar refractivity (Wildman–Crippen MR) is 118 cm³/mol. The number of ether oxygens (including phenoxy) is 1. The number of nitrogens with zero attached hydrogens (tertiary/aromatic N) is 3. The van der Waals surface area contributed by atoms with Crippen molar-refractivity contribution in [2.75, 3.05) is 40.8 Å². The van der Waals surface area contributed by atoms with E-state index in [0.717, 1.165) is 0 Å². The van der Waals surface area contributed by atoms with Gasteiger partial charge in [0, 0.05) is 46.2 Å². The van der Waals surface area contributed by atoms with Crippen LogP contribution in [0.4, 0.5) is 0 Å². The molecular weight excluding hydrogens is 445 g/mol. The number of carbonyl (C=O) groups is 4. The number of hydrogen-bond acceptors (Lipinski definition) is 5. The molecule has 1 fully saturated rings. The minimum atomic E-state index is -1.03. The van der Waals surface area contributed by atoms with E-state index >= 15 is 0 Å². The Hall–Kier alpha value is -2.58. The Bertz CT molecular complexity index is 888. The summed E-state index contributed by atoms with van der Waals surface area (Å²) < 4.78 is 4.80. The number of halogens is 2. The van der Waals surface area contributed by atoms with E-state index in [1.807, 2.05) is 0 Å². The van der Waals surface area contributed by atoms with Gasteiger partial charge in [-0.3, -0.25) is 14.4 Å². The quantitative estimate of drug-likeness (QED) is 0.470. The molecule has 168 valence electrons. The normalized spacial score (nSPS) is 15.6. The van der Waals surface area contributed by atoms with Crippen LogP contribution < -0.4 is 0 Å². The Morgan fingerprint density at radius 1 is 1.16 bits per heavy atom. The summed E-state index contributed by atoms with van der Waals surface area (Å²) in [7, 11) is 4.35. The van der Waals surface area contributed by atoms with Gasteiger partial charge in [0.25, 0.3) is 0 Å². The van der Waals surface area contributed by atoms with Gasteiger partial charge in [-0.1, -0.05) is 29.3 Å². The highest BCUT2D eigenvalue weighted by Crippen LogP contribution is 2.23. The van der Waals surface area contributed by atoms with Crippen LogP contribution in [0.25, 0.3) is 6.08 Å². The van der Waals surface area contributed by atoms with Gasteiger partial charge in [0.2, 0.25) is 17.7 Å². The van der Waals surface area contributed by atoms with Gasteiger partial charge in [-0.2, -0.15) is 0 Å². The van der Waals surface area contributed by atoms with Crippen molar-refractivity contribution in [1.82, 2.24) is 14.7 Å². The zero-order valence-corrected chi connectivity index (χ0v) is 19.2. The fourth-order valence-corrected chi connectivity index (χ4v) is 3.39. The van der Waals surface area contributed by atoms with Crippen LogP contribution in [0.3, 0.4) is 0 Å². The van der Waals surface area contributed by atoms with E-state index < -0.39 is 12.0 Å². The predicted octanol–water partition coefficient (Wildman–Crippen LogP) is 2.09. The van der Waals surface area contributed by atoms with Gasteiger partial charge < -0.3 is 19.4 Å². The van der Waals surface area contributed by atoms with Crippen LogP contribution in [0.2, 0.25) is 10.0 Å². The highest BCUT2D eigenvalue weighted by molar-refractivity contribution is 6.42. The van der Waals surface area contributed by atoms with Gasteiger partial charge in [-0.25, -0.2) is 4.79 Å². The van der Waals surface area contributed by atoms with E-state index in [4.69, 9.17) is 27.9 Å². The third-order valence-electron chi connectivity index (χ3n) is 4.92. The average Bonchev–Trinajstić information content (AvgIpc) is 2.93. The average molecular weight is 470 g/mol. The zero-order chi connectivity index (χ0) is 23.1. The molecular formula is C21H25Cl2N3O5. The lowest BCUT2D eigenvalue weighted by Gasteiger charge is -2.29. The Morgan fingerprint density at radius 3 is 2.48 bits per heavy atom. The number of rotatable bonds is 6. The standard InChI is InChI=1S/C21H25Cl2N3O5/c1-24(2)20(29)13-17(21(30)31-3)26-11-10-25(9-8-19(26)28)18(27)7-5-14-4-6-15(22)16(23)12-14/h4-7,12,17H,8-11,13H2,1-3H3. The monoisotopic (exact) mass is 469 g/mol. The van der Waals surface area contributed by atoms with Crippen LogP contribution in [0, 0.1) is 0 Å². The van der Waals surface area contributed by atoms with Crippen molar-refractivity contribution in [3.63, 3.8) is 0 Å². The molecule has 3 amide bonds. The molecule has 0 bridgehead atoms. The van der Waals surface area contributed by atoms with Crippen molar-refractivity contribution < 1.29 is 23.9 Å². The lowest BCUT2D eigenvalue weighted by Crippen LogP contribution is -2.48. The minimum absolute atomic E-state index is 0.0377. The molecule has 0 N–H and O–H groups in total. The van der Waals surface area contributed by atoms with E-state index in [0.29, 0.717) is 15.6 Å². The van der Waals surface area contributed by atoms with E-state index in [1.54, 1.807) is 38.4 Å². The fourth-order valence-electron chi connectivity index (χ4n) is 3.08. The first-order valence-electron chi connectivity index (χ1n) is 9.63. The number of methoxy groups -OCH3 is 1. The first-order valence-corrected chi connectivity index (χ1v) is 10.4. The summed E-state index contributed by atoms with van der Waals surface area (Å²) in [5.41, 5.74) is 0.711. The molecule has 0 spiro atoms. The maximum atomic E-state index is 12.7. The van der Waals surface area contributed by atoms with Crippen LogP contribution in [-0.4, -0.2) is 85.3 Å². The number of hydrogen-bond donors (Lipinski definition) is 0. The number of benzene rings is 1. The first kappa shape index (κ1) is 24.7. The highest BCUT2D eigenvalue weighted by atomic mass is 35.5. The van der Waals surface area contributed by atoms with E-state index in [1.165, 1.54) is 27.9 Å². The van der Waals surface area contributed by atoms with Gasteiger partial charge in [0.15, 0.2) is 0 Å². The Balaban J connectivity index is 2.10. The fraction of sp³-hybridized carbons (Fsp3) is 0.429. The molecule has 1 unspecified atom stereocenters. The summed E-state index contributed by atoms with van der Waals surface area (Å²) in [6, 6.07) is 3.98. The summed E-state index contributed by atoms with van der Waals surface area (Å²) in [5, 5.41) is 0.803. The molecule has 0 saturated carbocycles. The van der Waals surface area contributed by atoms with Crippen molar-refractivity contribution in [1.29, 1.82) is 0 Å². The van der Waals surface area contributed by atoms with Gasteiger partial charge >= 0.3 is 5.97 Å². The van der Waals surface area contributed by atoms with Gasteiger partial charge in [0.1, 0.15) is 6.04 Å². The second-order valence-electron chi connectivity index (χ2n) is 7.20. The Labute approximate surface area is 191 Å². The second-order valence-corrected chi connectivity index (χ2v) is 8.01. The topological polar surface area (TPSA) is 87.2 Å². The van der Waals surface area contributed by atoms with Crippen molar-refractivity contribution >= 4 is 53.0 Å². The SMILES string of the molecule is COC(=O)C(CC(=O)N(C)C)N1CCN(C(=O)C=Cc2ccc(Cl)c(Cl)c2)CCC1=O. The summed E-state index contributed by atoms with van der Waals surface area (Å²) in [6.45, 7) is 0.543. The molecule has 1 aliphatic heterocycles. The molecule has 1 aromatic carbocycles. The maximum absolute atomic E-state index is 12.7. The van der Waals surface area contributed by atoms with E-state index in [-0.39, 0.29) is 50.2 Å². The lowest BCUT2D eigenvalue weighted by molar-refractivity contribution is -0.155. The Morgan fingerprint density at radius 2 is 1.87 bits per heavy atom. The molecule has 1 saturated heterocycles. The molecule has 0 radical (unpaired) electrons. The molecule has 0 aliphatic carbocycles. The van der Waals surface area contributed by atoms with E-state index in [2.05, 4.69) is 0 Å². The van der Waals surface area contributed by atoms with Gasteiger partial charge in [-0.05, 0) is 23.8 Å². The third kappa shape index (κ3) is 6.70. The molecule has 0 aromatic heterocycles. The summed E-state index contributed by atoms with van der Waals surface area (Å²) >= 11 is 11.9. The van der Waals surface area contributed by atoms with Crippen LogP contribution in [0.1, 0.15) is 18.4 Å². The van der Waals surface area contributed by atoms with Crippen LogP contribution in [0.5, 0.6) is 0 Å². The molecule has 10 heteroatoms. The number of amides is 3. The molecule has 2 rings (SSSR count). The summed E-state index contributed by atoms with van der Waals surface area (Å²) in [4.78, 5) is 53.9. The highest BCUT2D eigenvalue weighted by Gasteiger charge is 2.35. The van der Waals surface area contributed by atoms with Crippen LogP contribution >= 0.6 is 23.2 Å². The minimum Gasteiger partial charge on any atom is -0.467 e. The number of esters is 1. The van der Waals surface area contributed by atoms with Crippen molar-refractivity contribution in [3.05, 3.63) is 39.9 Å². The van der Waals surface area contributed by atoms with Crippen LogP contribution in [0.15, 0.2) is 24.3 Å². The van der Waals surface area contributed by atoms with E-state index in [9.17, 15) is 19.2 Å². The summed E-state index contributed by atoms with van der Waals surface area (Å²) in [5.74, 6) is -1.56. The Kier molecular flexibility index (Phi) is 8.88. The van der Waals surface area contributed by atoms with Crippen molar-refractivity contribution in [3.8, 4) is 0 Å². The second kappa shape index (κ2) is 11.2. The molecule has 1 aliphatic rings. The van der Waals surface area contributed by atoms with Crippen LogP contribution in [-0.2, 0) is 23.9 Å². The largest absolute Gasteiger partial charge is 0.467 e. The molecule has 31 heavy (non-hydrogen) atoms. The smallest absolute Gasteiger partial charge is 0.329 e. The molecule has 1 heterocycles. The molecule has 1 atom stereocenters. The molecule has 8 nitrogen and oxygen atoms in total. The summed E-state index contributed by atoms with van der Waals surface area (Å²) in [6.07, 6.45) is 2.86. The van der Waals surface area contributed by atoms with Gasteiger partial charge in [0.05, 0.1) is 23.6 Å². The van der Waals surface area contributed by atoms with Gasteiger partial charge in [-0.15, -0.1) is 0 Å². The first-order chi connectivity index (χ1) is 14.6. The zero-order valence-electron chi connectivity index (χ0n) is 17.6.